The first-order chi connectivity index (χ1) is 10.3. The molecule has 21 heavy (non-hydrogen) atoms. The molecule has 0 aromatic carbocycles. The van der Waals surface area contributed by atoms with Crippen molar-refractivity contribution < 1.29 is 9.53 Å². The van der Waals surface area contributed by atoms with Gasteiger partial charge in [0.15, 0.2) is 0 Å². The number of hydrogen-bond acceptors (Lipinski definition) is 4. The molecule has 3 fully saturated rings. The first kappa shape index (κ1) is 15.3. The highest BCUT2D eigenvalue weighted by molar-refractivity contribution is 5.76. The Bertz CT molecular complexity index is 332. The maximum absolute atomic E-state index is 12.2. The molecule has 120 valence electrons. The number of amides is 1. The van der Waals surface area contributed by atoms with Crippen LogP contribution in [0, 0.1) is 5.92 Å². The molecule has 0 unspecified atom stereocenters. The number of rotatable bonds is 6. The minimum Gasteiger partial charge on any atom is -0.378 e. The molecule has 0 aromatic rings. The van der Waals surface area contributed by atoms with Crippen molar-refractivity contribution in [2.45, 2.75) is 38.2 Å². The molecular formula is C16H29N3O2. The van der Waals surface area contributed by atoms with Gasteiger partial charge in [-0.15, -0.1) is 0 Å². The molecule has 2 heterocycles. The Morgan fingerprint density at radius 3 is 2.43 bits per heavy atom. The Kier molecular flexibility index (Phi) is 5.49. The van der Waals surface area contributed by atoms with Crippen LogP contribution in [0.3, 0.4) is 0 Å². The van der Waals surface area contributed by atoms with E-state index in [0.29, 0.717) is 19.1 Å². The van der Waals surface area contributed by atoms with E-state index in [-0.39, 0.29) is 5.91 Å². The lowest BCUT2D eigenvalue weighted by Crippen LogP contribution is -2.49. The zero-order chi connectivity index (χ0) is 14.5. The lowest BCUT2D eigenvalue weighted by molar-refractivity contribution is -0.134. The summed E-state index contributed by atoms with van der Waals surface area (Å²) in [5.74, 6) is 1.22. The van der Waals surface area contributed by atoms with Gasteiger partial charge in [0, 0.05) is 32.7 Å². The number of hydrogen-bond donors (Lipinski definition) is 1. The zero-order valence-corrected chi connectivity index (χ0v) is 13.1. The normalized spacial score (nSPS) is 25.2. The van der Waals surface area contributed by atoms with Crippen LogP contribution in [0.15, 0.2) is 0 Å². The summed E-state index contributed by atoms with van der Waals surface area (Å²) in [4.78, 5) is 16.7. The Hall–Kier alpha value is -0.650. The van der Waals surface area contributed by atoms with Gasteiger partial charge in [0.25, 0.3) is 0 Å². The van der Waals surface area contributed by atoms with E-state index in [9.17, 15) is 4.79 Å². The first-order valence-corrected chi connectivity index (χ1v) is 8.64. The van der Waals surface area contributed by atoms with Gasteiger partial charge in [0.05, 0.1) is 19.1 Å². The summed E-state index contributed by atoms with van der Waals surface area (Å²) in [7, 11) is 0. The fourth-order valence-electron chi connectivity index (χ4n) is 3.28. The first-order valence-electron chi connectivity index (χ1n) is 8.64. The molecule has 0 radical (unpaired) electrons. The quantitative estimate of drug-likeness (QED) is 0.783. The molecule has 0 spiro atoms. The molecule has 0 atom stereocenters. The molecule has 3 aliphatic rings. The SMILES string of the molecule is O=C(CCOC1CCNCC1)N1CCN(CC2CC2)CC1. The van der Waals surface area contributed by atoms with Gasteiger partial charge >= 0.3 is 0 Å². The standard InChI is InChI=1S/C16H29N3O2/c20-16(5-12-21-15-3-6-17-7-4-15)19-10-8-18(9-11-19)13-14-1-2-14/h14-15,17H,1-13H2. The van der Waals surface area contributed by atoms with Crippen molar-refractivity contribution in [1.82, 2.24) is 15.1 Å². The topological polar surface area (TPSA) is 44.8 Å². The van der Waals surface area contributed by atoms with Crippen molar-refractivity contribution in [3.63, 3.8) is 0 Å². The minimum absolute atomic E-state index is 0.273. The predicted octanol–water partition coefficient (Wildman–Crippen LogP) is 0.699. The van der Waals surface area contributed by atoms with Gasteiger partial charge in [-0.2, -0.15) is 0 Å². The molecule has 1 amide bonds. The van der Waals surface area contributed by atoms with Gasteiger partial charge in [0.2, 0.25) is 5.91 Å². The largest absolute Gasteiger partial charge is 0.378 e. The Morgan fingerprint density at radius 1 is 1.05 bits per heavy atom. The molecule has 5 nitrogen and oxygen atoms in total. The fourth-order valence-corrected chi connectivity index (χ4v) is 3.28. The highest BCUT2D eigenvalue weighted by Crippen LogP contribution is 2.29. The number of nitrogens with zero attached hydrogens (tertiary/aromatic N) is 2. The fraction of sp³-hybridized carbons (Fsp3) is 0.938. The van der Waals surface area contributed by atoms with Crippen LogP contribution in [0.4, 0.5) is 0 Å². The molecule has 5 heteroatoms. The van der Waals surface area contributed by atoms with Gasteiger partial charge in [-0.25, -0.2) is 0 Å². The Morgan fingerprint density at radius 2 is 1.76 bits per heavy atom. The highest BCUT2D eigenvalue weighted by atomic mass is 16.5. The third kappa shape index (κ3) is 4.94. The van der Waals surface area contributed by atoms with Gasteiger partial charge in [-0.3, -0.25) is 9.69 Å². The number of piperidine rings is 1. The van der Waals surface area contributed by atoms with Crippen molar-refractivity contribution in [1.29, 1.82) is 0 Å². The number of piperazine rings is 1. The number of nitrogens with one attached hydrogen (secondary N) is 1. The van der Waals surface area contributed by atoms with E-state index in [1.165, 1.54) is 19.4 Å². The van der Waals surface area contributed by atoms with Crippen LogP contribution in [0.2, 0.25) is 0 Å². The summed E-state index contributed by atoms with van der Waals surface area (Å²) in [5.41, 5.74) is 0. The Balaban J connectivity index is 1.28. The minimum atomic E-state index is 0.273. The third-order valence-corrected chi connectivity index (χ3v) is 4.89. The van der Waals surface area contributed by atoms with E-state index >= 15 is 0 Å². The van der Waals surface area contributed by atoms with Gasteiger partial charge in [0.1, 0.15) is 0 Å². The van der Waals surface area contributed by atoms with Crippen LogP contribution in [0.1, 0.15) is 32.1 Å². The number of ether oxygens (including phenoxy) is 1. The van der Waals surface area contributed by atoms with E-state index in [1.807, 2.05) is 4.90 Å². The monoisotopic (exact) mass is 295 g/mol. The second-order valence-corrected chi connectivity index (χ2v) is 6.69. The smallest absolute Gasteiger partial charge is 0.224 e. The highest BCUT2D eigenvalue weighted by Gasteiger charge is 2.27. The van der Waals surface area contributed by atoms with E-state index in [4.69, 9.17) is 4.74 Å². The van der Waals surface area contributed by atoms with Crippen LogP contribution in [0.5, 0.6) is 0 Å². The molecule has 1 saturated carbocycles. The molecular weight excluding hydrogens is 266 g/mol. The summed E-state index contributed by atoms with van der Waals surface area (Å²) in [5, 5.41) is 3.33. The molecule has 1 aliphatic carbocycles. The maximum atomic E-state index is 12.2. The van der Waals surface area contributed by atoms with Crippen LogP contribution >= 0.6 is 0 Å². The lowest BCUT2D eigenvalue weighted by Gasteiger charge is -2.35. The number of carbonyl (C=O) groups is 1. The van der Waals surface area contributed by atoms with Crippen LogP contribution < -0.4 is 5.32 Å². The summed E-state index contributed by atoms with van der Waals surface area (Å²) >= 11 is 0. The zero-order valence-electron chi connectivity index (χ0n) is 13.1. The van der Waals surface area contributed by atoms with Gasteiger partial charge in [-0.05, 0) is 44.7 Å². The average molecular weight is 295 g/mol. The van der Waals surface area contributed by atoms with Gasteiger partial charge < -0.3 is 15.0 Å². The summed E-state index contributed by atoms with van der Waals surface area (Å²) in [6.07, 6.45) is 5.88. The van der Waals surface area contributed by atoms with Crippen molar-refractivity contribution >= 4 is 5.91 Å². The average Bonchev–Trinajstić information content (AvgIpc) is 3.33. The molecule has 3 rings (SSSR count). The summed E-state index contributed by atoms with van der Waals surface area (Å²) in [6.45, 7) is 7.84. The summed E-state index contributed by atoms with van der Waals surface area (Å²) in [6, 6.07) is 0. The lowest BCUT2D eigenvalue weighted by atomic mass is 10.1. The van der Waals surface area contributed by atoms with Crippen molar-refractivity contribution in [2.24, 2.45) is 5.92 Å². The second-order valence-electron chi connectivity index (χ2n) is 6.69. The second kappa shape index (κ2) is 7.56. The van der Waals surface area contributed by atoms with E-state index in [2.05, 4.69) is 10.2 Å². The van der Waals surface area contributed by atoms with Crippen molar-refractivity contribution in [3.8, 4) is 0 Å². The molecule has 0 aromatic heterocycles. The molecule has 1 N–H and O–H groups in total. The Labute approximate surface area is 128 Å². The third-order valence-electron chi connectivity index (χ3n) is 4.89. The summed E-state index contributed by atoms with van der Waals surface area (Å²) < 4.78 is 5.83. The van der Waals surface area contributed by atoms with Crippen LogP contribution in [-0.2, 0) is 9.53 Å². The molecule has 2 aliphatic heterocycles. The van der Waals surface area contributed by atoms with Crippen molar-refractivity contribution in [2.75, 3.05) is 52.4 Å². The van der Waals surface area contributed by atoms with E-state index in [1.54, 1.807) is 0 Å². The van der Waals surface area contributed by atoms with Crippen LogP contribution in [0.25, 0.3) is 0 Å². The number of carbonyl (C=O) groups excluding carboxylic acids is 1. The molecule has 0 bridgehead atoms. The van der Waals surface area contributed by atoms with E-state index < -0.39 is 0 Å². The van der Waals surface area contributed by atoms with E-state index in [0.717, 1.165) is 58.0 Å². The molecule has 2 saturated heterocycles. The van der Waals surface area contributed by atoms with Gasteiger partial charge in [-0.1, -0.05) is 0 Å². The van der Waals surface area contributed by atoms with Crippen LogP contribution in [-0.4, -0.2) is 74.2 Å². The predicted molar refractivity (Wildman–Crippen MR) is 82.2 cm³/mol. The maximum Gasteiger partial charge on any atom is 0.224 e. The van der Waals surface area contributed by atoms with Crippen molar-refractivity contribution in [3.05, 3.63) is 0 Å².